The van der Waals surface area contributed by atoms with E-state index in [1.54, 1.807) is 17.3 Å². The van der Waals surface area contributed by atoms with E-state index >= 15 is 0 Å². The first kappa shape index (κ1) is 28.3. The fourth-order valence-corrected chi connectivity index (χ4v) is 5.40. The predicted octanol–water partition coefficient (Wildman–Crippen LogP) is 4.67. The van der Waals surface area contributed by atoms with Crippen molar-refractivity contribution in [3.05, 3.63) is 75.7 Å². The maximum Gasteiger partial charge on any atom is 0.176 e. The van der Waals surface area contributed by atoms with E-state index in [-0.39, 0.29) is 25.2 Å². The van der Waals surface area contributed by atoms with Crippen molar-refractivity contribution in [2.75, 3.05) is 36.9 Å². The number of hydrogen-bond donors (Lipinski definition) is 4. The normalized spacial score (nSPS) is 17.8. The molecule has 0 amide bonds. The number of alkyl halides is 1. The molecule has 0 saturated carbocycles. The van der Waals surface area contributed by atoms with Crippen LogP contribution < -0.4 is 21.6 Å². The Balaban J connectivity index is 1.58. The van der Waals surface area contributed by atoms with E-state index in [2.05, 4.69) is 53.4 Å². The minimum atomic E-state index is -1.41. The van der Waals surface area contributed by atoms with Gasteiger partial charge in [-0.1, -0.05) is 62.2 Å². The van der Waals surface area contributed by atoms with E-state index in [4.69, 9.17) is 27.9 Å². The number of ether oxygens (including phenoxy) is 1. The summed E-state index contributed by atoms with van der Waals surface area (Å²) in [6.45, 7) is 7.25. The zero-order valence-corrected chi connectivity index (χ0v) is 24.3. The summed E-state index contributed by atoms with van der Waals surface area (Å²) in [5, 5.41) is 20.3. The molecule has 2 aliphatic rings. The molecular weight excluding hydrogens is 551 g/mol. The van der Waals surface area contributed by atoms with Gasteiger partial charge in [0.15, 0.2) is 5.67 Å². The van der Waals surface area contributed by atoms with Gasteiger partial charge in [-0.3, -0.25) is 9.99 Å². The second-order valence-corrected chi connectivity index (χ2v) is 12.5. The van der Waals surface area contributed by atoms with Crippen LogP contribution in [0.3, 0.4) is 0 Å². The molecule has 5 rings (SSSR count). The fraction of sp³-hybridized carbons (Fsp3) is 0.357. The number of benzene rings is 2. The molecule has 0 bridgehead atoms. The Labute approximate surface area is 244 Å². The molecule has 8 nitrogen and oxygen atoms in total. The molecule has 1 fully saturated rings. The molecule has 3 aromatic rings. The highest BCUT2D eigenvalue weighted by molar-refractivity contribution is 6.36. The van der Waals surface area contributed by atoms with Crippen molar-refractivity contribution in [1.29, 1.82) is 5.26 Å². The lowest BCUT2D eigenvalue weighted by molar-refractivity contribution is -0.140. The summed E-state index contributed by atoms with van der Waals surface area (Å²) in [6.07, 6.45) is 3.36. The van der Waals surface area contributed by atoms with Crippen LogP contribution in [0, 0.1) is 16.7 Å². The monoisotopic (exact) mass is 581 g/mol. The Hall–Kier alpha value is -3.23. The molecule has 0 aliphatic carbocycles. The molecular formula is C28H31BCl2FN7O. The molecule has 3 heterocycles. The van der Waals surface area contributed by atoms with E-state index in [1.807, 2.05) is 44.4 Å². The molecule has 1 aromatic heterocycles. The third-order valence-corrected chi connectivity index (χ3v) is 7.60. The molecule has 0 radical (unpaired) electrons. The van der Waals surface area contributed by atoms with Crippen molar-refractivity contribution < 1.29 is 9.13 Å². The smallest absolute Gasteiger partial charge is 0.176 e. The van der Waals surface area contributed by atoms with Crippen LogP contribution in [0.4, 0.5) is 15.8 Å². The van der Waals surface area contributed by atoms with Crippen molar-refractivity contribution in [1.82, 2.24) is 21.0 Å². The summed E-state index contributed by atoms with van der Waals surface area (Å²) >= 11 is 13.5. The number of nitrogens with one attached hydrogen (secondary N) is 4. The van der Waals surface area contributed by atoms with Crippen LogP contribution in [-0.4, -0.2) is 49.8 Å². The lowest BCUT2D eigenvalue weighted by atomic mass is 9.69. The second kappa shape index (κ2) is 10.6. The molecule has 1 saturated heterocycles. The Morgan fingerprint density at radius 2 is 1.98 bits per heavy atom. The molecule has 4 N–H and O–H groups in total. The van der Waals surface area contributed by atoms with Crippen LogP contribution in [0.1, 0.15) is 31.9 Å². The summed E-state index contributed by atoms with van der Waals surface area (Å²) in [5.41, 5.74) is 7.80. The van der Waals surface area contributed by atoms with Gasteiger partial charge in [0.25, 0.3) is 0 Å². The highest BCUT2D eigenvalue weighted by Crippen LogP contribution is 2.39. The first-order chi connectivity index (χ1) is 18.9. The summed E-state index contributed by atoms with van der Waals surface area (Å²) < 4.78 is 19.9. The maximum atomic E-state index is 14.8. The van der Waals surface area contributed by atoms with Crippen molar-refractivity contribution in [2.24, 2.45) is 5.41 Å². The first-order valence-electron chi connectivity index (χ1n) is 13.0. The minimum absolute atomic E-state index is 0.0199. The van der Waals surface area contributed by atoms with E-state index < -0.39 is 11.1 Å². The van der Waals surface area contributed by atoms with Crippen molar-refractivity contribution >= 4 is 53.3 Å². The van der Waals surface area contributed by atoms with Crippen molar-refractivity contribution in [3.63, 3.8) is 0 Å². The number of fused-ring (bicyclic) bond motifs is 1. The lowest BCUT2D eigenvalue weighted by Gasteiger charge is -2.36. The molecule has 1 atom stereocenters. The molecule has 208 valence electrons. The highest BCUT2D eigenvalue weighted by Gasteiger charge is 2.42. The third kappa shape index (κ3) is 5.65. The standard InChI is InChI=1S/C28H31BCl2FN7O/c1-26(2,3)13-35-24-17(10-33)11-34-25-19(24)8-18(9-22(25)31)36-28(29,20-6-4-5-7-21(20)30)23-12-39(38-37-23)14-27(32)15-40-16-27/h4-9,11-12,36-38H,13-16,29H2,1-3H3,(H,34,35). The largest absolute Gasteiger partial charge is 0.383 e. The number of nitriles is 1. The second-order valence-electron chi connectivity index (χ2n) is 11.7. The van der Waals surface area contributed by atoms with Crippen LogP contribution in [0.2, 0.25) is 10.0 Å². The number of hydrazine groups is 2. The van der Waals surface area contributed by atoms with Gasteiger partial charge < -0.3 is 20.8 Å². The summed E-state index contributed by atoms with van der Waals surface area (Å²) in [4.78, 5) is 4.47. The van der Waals surface area contributed by atoms with Gasteiger partial charge in [0, 0.05) is 35.0 Å². The van der Waals surface area contributed by atoms with E-state index in [0.29, 0.717) is 39.0 Å². The Morgan fingerprint density at radius 3 is 2.62 bits per heavy atom. The quantitative estimate of drug-likeness (QED) is 0.285. The third-order valence-electron chi connectivity index (χ3n) is 6.98. The Bertz CT molecular complexity index is 1520. The SMILES string of the molecule is BC(Nc1cc(Cl)c2ncc(C#N)c(NCC(C)(C)C)c2c1)(C1=CN(CC2(F)COC2)NN1)c1ccccc1Cl. The van der Waals surface area contributed by atoms with Gasteiger partial charge in [-0.15, -0.1) is 5.53 Å². The molecule has 2 aliphatic heterocycles. The van der Waals surface area contributed by atoms with Crippen LogP contribution in [-0.2, 0) is 10.2 Å². The van der Waals surface area contributed by atoms with Crippen LogP contribution in [0.15, 0.2) is 54.5 Å². The molecule has 12 heteroatoms. The number of pyridine rings is 1. The van der Waals surface area contributed by atoms with Gasteiger partial charge in [0.1, 0.15) is 13.9 Å². The summed E-state index contributed by atoms with van der Waals surface area (Å²) in [7, 11) is 1.98. The number of anilines is 2. The van der Waals surface area contributed by atoms with Gasteiger partial charge in [0.2, 0.25) is 0 Å². The topological polar surface area (TPSA) is 97.3 Å². The molecule has 1 unspecified atom stereocenters. The number of rotatable bonds is 8. The van der Waals surface area contributed by atoms with Crippen LogP contribution in [0.25, 0.3) is 10.9 Å². The van der Waals surface area contributed by atoms with Gasteiger partial charge in [-0.25, -0.2) is 4.39 Å². The van der Waals surface area contributed by atoms with E-state index in [9.17, 15) is 9.65 Å². The Kier molecular flexibility index (Phi) is 7.53. The van der Waals surface area contributed by atoms with Gasteiger partial charge in [0.05, 0.1) is 52.7 Å². The van der Waals surface area contributed by atoms with Crippen LogP contribution >= 0.6 is 23.2 Å². The first-order valence-corrected chi connectivity index (χ1v) is 13.7. The zero-order chi connectivity index (χ0) is 28.7. The number of aromatic nitrogens is 1. The van der Waals surface area contributed by atoms with E-state index in [1.165, 1.54) is 0 Å². The number of halogens is 3. The highest BCUT2D eigenvalue weighted by atomic mass is 35.5. The Morgan fingerprint density at radius 1 is 1.23 bits per heavy atom. The number of hydrogen-bond acceptors (Lipinski definition) is 8. The van der Waals surface area contributed by atoms with Gasteiger partial charge >= 0.3 is 0 Å². The summed E-state index contributed by atoms with van der Waals surface area (Å²) in [5.74, 6) is 0. The molecule has 0 spiro atoms. The average molecular weight is 582 g/mol. The van der Waals surface area contributed by atoms with E-state index in [0.717, 1.165) is 16.6 Å². The van der Waals surface area contributed by atoms with Crippen LogP contribution in [0.5, 0.6) is 0 Å². The molecule has 40 heavy (non-hydrogen) atoms. The van der Waals surface area contributed by atoms with Gasteiger partial charge in [-0.2, -0.15) is 5.26 Å². The van der Waals surface area contributed by atoms with Crippen molar-refractivity contribution in [3.8, 4) is 6.07 Å². The summed E-state index contributed by atoms with van der Waals surface area (Å²) in [6, 6.07) is 13.5. The zero-order valence-electron chi connectivity index (χ0n) is 22.8. The van der Waals surface area contributed by atoms with Gasteiger partial charge in [-0.05, 0) is 29.2 Å². The fourth-order valence-electron chi connectivity index (χ4n) is 4.81. The van der Waals surface area contributed by atoms with Crippen molar-refractivity contribution in [2.45, 2.75) is 31.9 Å². The maximum absolute atomic E-state index is 14.8. The molecule has 2 aromatic carbocycles. The predicted molar refractivity (Wildman–Crippen MR) is 160 cm³/mol. The lowest BCUT2D eigenvalue weighted by Crippen LogP contribution is -2.55. The average Bonchev–Trinajstić information content (AvgIpc) is 3.35. The minimum Gasteiger partial charge on any atom is -0.383 e. The number of nitrogens with zero attached hydrogens (tertiary/aromatic N) is 3.